The summed E-state index contributed by atoms with van der Waals surface area (Å²) in [4.78, 5) is 28.3. The molecule has 6 heteroatoms. The number of nitrogens with one attached hydrogen (secondary N) is 1. The van der Waals surface area contributed by atoms with Gasteiger partial charge in [-0.1, -0.05) is 18.2 Å². The molecule has 1 aliphatic rings. The molecule has 1 heterocycles. The molecule has 1 aromatic carbocycles. The van der Waals surface area contributed by atoms with Gasteiger partial charge in [0.15, 0.2) is 0 Å². The van der Waals surface area contributed by atoms with Gasteiger partial charge in [0.25, 0.3) is 0 Å². The molecule has 122 valence electrons. The average Bonchev–Trinajstić information content (AvgIpc) is 2.89. The molecule has 1 fully saturated rings. The van der Waals surface area contributed by atoms with E-state index in [0.29, 0.717) is 32.5 Å². The van der Waals surface area contributed by atoms with Crippen LogP contribution in [0.15, 0.2) is 30.3 Å². The lowest BCUT2D eigenvalue weighted by atomic mass is 10.2. The summed E-state index contributed by atoms with van der Waals surface area (Å²) in [6.07, 6.45) is 1.13. The summed E-state index contributed by atoms with van der Waals surface area (Å²) in [6.45, 7) is 3.80. The maximum atomic E-state index is 12.6. The largest absolute Gasteiger partial charge is 0.331 e. The van der Waals surface area contributed by atoms with Crippen LogP contribution in [0.4, 0.5) is 5.69 Å². The highest BCUT2D eigenvalue weighted by Crippen LogP contribution is 2.24. The van der Waals surface area contributed by atoms with Gasteiger partial charge in [0.2, 0.25) is 11.8 Å². The summed E-state index contributed by atoms with van der Waals surface area (Å²) in [5, 5.41) is 2.97. The Bertz CT molecular complexity index is 495. The van der Waals surface area contributed by atoms with Crippen LogP contribution in [0.25, 0.3) is 0 Å². The number of halogens is 1. The minimum absolute atomic E-state index is 0. The van der Waals surface area contributed by atoms with E-state index in [4.69, 9.17) is 0 Å². The number of hydrogen-bond acceptors (Lipinski definition) is 3. The first-order valence-corrected chi connectivity index (χ1v) is 7.49. The summed E-state index contributed by atoms with van der Waals surface area (Å²) >= 11 is 0. The fraction of sp³-hybridized carbons (Fsp3) is 0.500. The SMILES string of the molecule is CCN(C(=O)CCNC)C1CCN(c2ccccc2)C1=O.Cl. The van der Waals surface area contributed by atoms with Crippen LogP contribution in [0.5, 0.6) is 0 Å². The number of likely N-dealkylation sites (N-methyl/N-ethyl adjacent to an activating group) is 1. The average molecular weight is 326 g/mol. The normalized spacial score (nSPS) is 17.3. The minimum Gasteiger partial charge on any atom is -0.331 e. The molecule has 1 saturated heterocycles. The molecule has 22 heavy (non-hydrogen) atoms. The quantitative estimate of drug-likeness (QED) is 0.865. The zero-order chi connectivity index (χ0) is 15.2. The van der Waals surface area contributed by atoms with Crippen LogP contribution >= 0.6 is 12.4 Å². The fourth-order valence-electron chi connectivity index (χ4n) is 2.76. The van der Waals surface area contributed by atoms with Crippen molar-refractivity contribution in [2.45, 2.75) is 25.8 Å². The van der Waals surface area contributed by atoms with Gasteiger partial charge in [0, 0.05) is 31.7 Å². The first-order chi connectivity index (χ1) is 10.2. The molecule has 2 rings (SSSR count). The van der Waals surface area contributed by atoms with E-state index in [1.165, 1.54) is 0 Å². The monoisotopic (exact) mass is 325 g/mol. The van der Waals surface area contributed by atoms with E-state index in [2.05, 4.69) is 5.32 Å². The maximum absolute atomic E-state index is 12.6. The van der Waals surface area contributed by atoms with Crippen molar-refractivity contribution in [3.8, 4) is 0 Å². The fourth-order valence-corrected chi connectivity index (χ4v) is 2.76. The Morgan fingerprint density at radius 2 is 2.05 bits per heavy atom. The molecule has 0 aromatic heterocycles. The molecule has 0 bridgehead atoms. The molecule has 5 nitrogen and oxygen atoms in total. The Morgan fingerprint density at radius 1 is 1.36 bits per heavy atom. The highest BCUT2D eigenvalue weighted by molar-refractivity contribution is 6.01. The first-order valence-electron chi connectivity index (χ1n) is 7.49. The predicted molar refractivity (Wildman–Crippen MR) is 90.4 cm³/mol. The predicted octanol–water partition coefficient (Wildman–Crippen LogP) is 1.67. The van der Waals surface area contributed by atoms with E-state index in [0.717, 1.165) is 5.69 Å². The van der Waals surface area contributed by atoms with Gasteiger partial charge >= 0.3 is 0 Å². The first kappa shape index (κ1) is 18.5. The smallest absolute Gasteiger partial charge is 0.249 e. The van der Waals surface area contributed by atoms with Gasteiger partial charge in [0.05, 0.1) is 0 Å². The van der Waals surface area contributed by atoms with E-state index in [1.807, 2.05) is 44.3 Å². The Labute approximate surface area is 138 Å². The minimum atomic E-state index is -0.320. The van der Waals surface area contributed by atoms with E-state index in [9.17, 15) is 9.59 Å². The van der Waals surface area contributed by atoms with Crippen LogP contribution in [0, 0.1) is 0 Å². The molecular formula is C16H24ClN3O2. The molecule has 1 atom stereocenters. The van der Waals surface area contributed by atoms with Gasteiger partial charge in [-0.25, -0.2) is 0 Å². The number of carbonyl (C=O) groups is 2. The summed E-state index contributed by atoms with van der Waals surface area (Å²) in [7, 11) is 1.82. The lowest BCUT2D eigenvalue weighted by Gasteiger charge is -2.27. The summed E-state index contributed by atoms with van der Waals surface area (Å²) in [6, 6.07) is 9.32. The Hall–Kier alpha value is -1.59. The van der Waals surface area contributed by atoms with Crippen LogP contribution < -0.4 is 10.2 Å². The van der Waals surface area contributed by atoms with Crippen molar-refractivity contribution in [1.82, 2.24) is 10.2 Å². The molecule has 1 unspecified atom stereocenters. The summed E-state index contributed by atoms with van der Waals surface area (Å²) < 4.78 is 0. The number of carbonyl (C=O) groups excluding carboxylic acids is 2. The Kier molecular flexibility index (Phi) is 7.35. The van der Waals surface area contributed by atoms with E-state index in [-0.39, 0.29) is 30.3 Å². The number of anilines is 1. The lowest BCUT2D eigenvalue weighted by Crippen LogP contribution is -2.45. The Balaban J connectivity index is 0.00000242. The van der Waals surface area contributed by atoms with Crippen LogP contribution in [0.1, 0.15) is 19.8 Å². The molecule has 0 radical (unpaired) electrons. The standard InChI is InChI=1S/C16H23N3O2.ClH/c1-3-18(15(20)9-11-17-2)14-10-12-19(16(14)21)13-7-5-4-6-8-13;/h4-8,14,17H,3,9-12H2,1-2H3;1H. The summed E-state index contributed by atoms with van der Waals surface area (Å²) in [5.41, 5.74) is 0.906. The van der Waals surface area contributed by atoms with Crippen LogP contribution in [0.3, 0.4) is 0 Å². The second kappa shape index (κ2) is 8.76. The van der Waals surface area contributed by atoms with Crippen molar-refractivity contribution in [3.05, 3.63) is 30.3 Å². The lowest BCUT2D eigenvalue weighted by molar-refractivity contribution is -0.138. The zero-order valence-electron chi connectivity index (χ0n) is 13.1. The number of benzene rings is 1. The van der Waals surface area contributed by atoms with Crippen molar-refractivity contribution in [2.24, 2.45) is 0 Å². The van der Waals surface area contributed by atoms with E-state index in [1.54, 1.807) is 9.80 Å². The number of rotatable bonds is 6. The molecule has 1 aromatic rings. The van der Waals surface area contributed by atoms with E-state index >= 15 is 0 Å². The maximum Gasteiger partial charge on any atom is 0.249 e. The van der Waals surface area contributed by atoms with E-state index < -0.39 is 0 Å². The third-order valence-electron chi connectivity index (χ3n) is 3.87. The van der Waals surface area contributed by atoms with Gasteiger partial charge in [-0.2, -0.15) is 0 Å². The second-order valence-corrected chi connectivity index (χ2v) is 5.16. The molecule has 0 spiro atoms. The van der Waals surface area contributed by atoms with Gasteiger partial charge in [0.1, 0.15) is 6.04 Å². The molecule has 0 saturated carbocycles. The van der Waals surface area contributed by atoms with Crippen molar-refractivity contribution >= 4 is 29.9 Å². The van der Waals surface area contributed by atoms with Crippen molar-refractivity contribution < 1.29 is 9.59 Å². The third-order valence-corrected chi connectivity index (χ3v) is 3.87. The highest BCUT2D eigenvalue weighted by atomic mass is 35.5. The molecule has 0 aliphatic carbocycles. The van der Waals surface area contributed by atoms with Gasteiger partial charge in [-0.05, 0) is 32.5 Å². The second-order valence-electron chi connectivity index (χ2n) is 5.16. The van der Waals surface area contributed by atoms with Crippen molar-refractivity contribution in [3.63, 3.8) is 0 Å². The van der Waals surface area contributed by atoms with Gasteiger partial charge < -0.3 is 15.1 Å². The molecule has 1 aliphatic heterocycles. The van der Waals surface area contributed by atoms with Crippen LogP contribution in [-0.4, -0.2) is 49.4 Å². The summed E-state index contributed by atoms with van der Waals surface area (Å²) in [5.74, 6) is 0.0703. The number of hydrogen-bond donors (Lipinski definition) is 1. The molecule has 2 amide bonds. The number of nitrogens with zero attached hydrogens (tertiary/aromatic N) is 2. The van der Waals surface area contributed by atoms with Crippen LogP contribution in [-0.2, 0) is 9.59 Å². The molecular weight excluding hydrogens is 302 g/mol. The zero-order valence-corrected chi connectivity index (χ0v) is 13.9. The number of amides is 2. The number of para-hydroxylation sites is 1. The van der Waals surface area contributed by atoms with Gasteiger partial charge in [-0.15, -0.1) is 12.4 Å². The Morgan fingerprint density at radius 3 is 2.64 bits per heavy atom. The molecule has 1 N–H and O–H groups in total. The highest BCUT2D eigenvalue weighted by Gasteiger charge is 2.37. The van der Waals surface area contributed by atoms with Crippen LogP contribution in [0.2, 0.25) is 0 Å². The van der Waals surface area contributed by atoms with Crippen molar-refractivity contribution in [2.75, 3.05) is 31.6 Å². The van der Waals surface area contributed by atoms with Gasteiger partial charge in [-0.3, -0.25) is 9.59 Å². The third kappa shape index (κ3) is 3.99. The topological polar surface area (TPSA) is 52.7 Å². The van der Waals surface area contributed by atoms with Crippen molar-refractivity contribution in [1.29, 1.82) is 0 Å².